The fraction of sp³-hybridized carbons (Fsp3) is 0.222. The molecule has 0 atom stereocenters. The number of aryl methyl sites for hydroxylation is 1. The fourth-order valence-electron chi connectivity index (χ4n) is 3.28. The average Bonchev–Trinajstić information content (AvgIpc) is 2.55. The third kappa shape index (κ3) is 1.84. The number of fused-ring (bicyclic) bond motifs is 5. The summed E-state index contributed by atoms with van der Waals surface area (Å²) in [5, 5.41) is 6.61. The van der Waals surface area contributed by atoms with Crippen LogP contribution in [0.3, 0.4) is 0 Å². The molecule has 0 unspecified atom stereocenters. The number of hydrogen-bond acceptors (Lipinski definition) is 4. The summed E-state index contributed by atoms with van der Waals surface area (Å²) >= 11 is 0. The summed E-state index contributed by atoms with van der Waals surface area (Å²) in [7, 11) is 1.54. The molecule has 0 fully saturated rings. The molecule has 0 radical (unpaired) electrons. The van der Waals surface area contributed by atoms with Crippen molar-refractivity contribution in [2.75, 3.05) is 7.11 Å². The predicted molar refractivity (Wildman–Crippen MR) is 86.5 cm³/mol. The second-order valence-electron chi connectivity index (χ2n) is 5.49. The number of oxime groups is 1. The highest BCUT2D eigenvalue weighted by atomic mass is 16.6. The summed E-state index contributed by atoms with van der Waals surface area (Å²) in [5.41, 5.74) is 3.25. The number of benzene rings is 2. The molecule has 1 aliphatic rings. The van der Waals surface area contributed by atoms with Gasteiger partial charge in [-0.25, -0.2) is 4.79 Å². The van der Waals surface area contributed by atoms with Gasteiger partial charge in [-0.2, -0.15) is 0 Å². The Morgan fingerprint density at radius 1 is 1.05 bits per heavy atom. The predicted octanol–water partition coefficient (Wildman–Crippen LogP) is 3.63. The zero-order chi connectivity index (χ0) is 15.1. The van der Waals surface area contributed by atoms with E-state index in [0.29, 0.717) is 11.0 Å². The Morgan fingerprint density at radius 3 is 2.68 bits per heavy atom. The minimum atomic E-state index is -0.307. The molecule has 1 aliphatic carbocycles. The Morgan fingerprint density at radius 2 is 1.86 bits per heavy atom. The Hall–Kier alpha value is -2.62. The second kappa shape index (κ2) is 4.98. The van der Waals surface area contributed by atoms with Crippen molar-refractivity contribution in [3.05, 3.63) is 57.9 Å². The highest BCUT2D eigenvalue weighted by molar-refractivity contribution is 6.15. The first-order valence-electron chi connectivity index (χ1n) is 7.37. The highest BCUT2D eigenvalue weighted by Crippen LogP contribution is 2.32. The first-order chi connectivity index (χ1) is 10.8. The Balaban J connectivity index is 2.18. The van der Waals surface area contributed by atoms with Gasteiger partial charge in [-0.3, -0.25) is 0 Å². The lowest BCUT2D eigenvalue weighted by Crippen LogP contribution is -2.14. The molecule has 4 nitrogen and oxygen atoms in total. The van der Waals surface area contributed by atoms with Crippen LogP contribution in [0.5, 0.6) is 0 Å². The first kappa shape index (κ1) is 13.1. The van der Waals surface area contributed by atoms with Crippen molar-refractivity contribution < 1.29 is 9.25 Å². The van der Waals surface area contributed by atoms with Gasteiger partial charge in [0.25, 0.3) is 0 Å². The Kier molecular flexibility index (Phi) is 2.96. The Labute approximate surface area is 127 Å². The van der Waals surface area contributed by atoms with Gasteiger partial charge in [-0.1, -0.05) is 35.5 Å². The molecule has 0 bridgehead atoms. The zero-order valence-corrected chi connectivity index (χ0v) is 12.3. The summed E-state index contributed by atoms with van der Waals surface area (Å²) in [6.07, 6.45) is 2.82. The van der Waals surface area contributed by atoms with Gasteiger partial charge in [-0.15, -0.1) is 0 Å². The lowest BCUT2D eigenvalue weighted by Gasteiger charge is -2.18. The molecule has 3 aromatic rings. The van der Waals surface area contributed by atoms with Crippen LogP contribution in [0.2, 0.25) is 0 Å². The molecular weight excluding hydrogens is 278 g/mol. The normalized spacial score (nSPS) is 16.1. The molecule has 0 saturated heterocycles. The molecule has 1 aromatic heterocycles. The van der Waals surface area contributed by atoms with Gasteiger partial charge < -0.3 is 9.25 Å². The molecule has 1 heterocycles. The third-order valence-electron chi connectivity index (χ3n) is 4.23. The van der Waals surface area contributed by atoms with E-state index in [4.69, 9.17) is 9.25 Å². The monoisotopic (exact) mass is 293 g/mol. The van der Waals surface area contributed by atoms with E-state index in [2.05, 4.69) is 11.2 Å². The fourth-order valence-corrected chi connectivity index (χ4v) is 3.28. The van der Waals surface area contributed by atoms with E-state index in [1.807, 2.05) is 24.3 Å². The van der Waals surface area contributed by atoms with Crippen LogP contribution in [0.15, 0.2) is 50.8 Å². The Bertz CT molecular complexity index is 969. The first-order valence-corrected chi connectivity index (χ1v) is 7.37. The van der Waals surface area contributed by atoms with E-state index in [-0.39, 0.29) is 5.63 Å². The third-order valence-corrected chi connectivity index (χ3v) is 4.23. The molecule has 110 valence electrons. The van der Waals surface area contributed by atoms with Gasteiger partial charge in [0.2, 0.25) is 0 Å². The van der Waals surface area contributed by atoms with Gasteiger partial charge in [0.05, 0.1) is 11.1 Å². The van der Waals surface area contributed by atoms with Crippen LogP contribution < -0.4 is 5.63 Å². The second-order valence-corrected chi connectivity index (χ2v) is 5.49. The molecule has 0 amide bonds. The van der Waals surface area contributed by atoms with Gasteiger partial charge in [-0.05, 0) is 36.3 Å². The molecule has 0 spiro atoms. The highest BCUT2D eigenvalue weighted by Gasteiger charge is 2.22. The van der Waals surface area contributed by atoms with E-state index in [9.17, 15) is 4.79 Å². The van der Waals surface area contributed by atoms with Crippen molar-refractivity contribution in [3.63, 3.8) is 0 Å². The minimum absolute atomic E-state index is 0.307. The summed E-state index contributed by atoms with van der Waals surface area (Å²) in [5.74, 6) is 0. The molecule has 22 heavy (non-hydrogen) atoms. The standard InChI is InChI=1S/C18H15NO3/c1-21-19-15-8-4-5-11-9-10-13-12-6-2-3-7-14(12)18(20)22-17(13)16(11)15/h2-3,6-7,9-10H,4-5,8H2,1H3/b19-15+. The van der Waals surface area contributed by atoms with Crippen molar-refractivity contribution >= 4 is 27.5 Å². The van der Waals surface area contributed by atoms with E-state index >= 15 is 0 Å². The minimum Gasteiger partial charge on any atom is -0.422 e. The van der Waals surface area contributed by atoms with Gasteiger partial charge in [0.15, 0.2) is 0 Å². The number of nitrogens with zero attached hydrogens (tertiary/aromatic N) is 1. The van der Waals surface area contributed by atoms with Crippen LogP contribution >= 0.6 is 0 Å². The maximum absolute atomic E-state index is 12.3. The summed E-state index contributed by atoms with van der Waals surface area (Å²) in [6, 6.07) is 11.7. The number of rotatable bonds is 1. The van der Waals surface area contributed by atoms with Crippen LogP contribution in [0.1, 0.15) is 24.0 Å². The average molecular weight is 293 g/mol. The van der Waals surface area contributed by atoms with E-state index in [1.54, 1.807) is 6.07 Å². The van der Waals surface area contributed by atoms with Gasteiger partial charge >= 0.3 is 5.63 Å². The molecule has 0 saturated carbocycles. The molecule has 0 aliphatic heterocycles. The molecule has 0 N–H and O–H groups in total. The smallest absolute Gasteiger partial charge is 0.344 e. The summed E-state index contributed by atoms with van der Waals surface area (Å²) < 4.78 is 5.66. The quantitative estimate of drug-likeness (QED) is 0.391. The lowest BCUT2D eigenvalue weighted by atomic mass is 9.88. The van der Waals surface area contributed by atoms with Crippen molar-refractivity contribution in [2.24, 2.45) is 5.16 Å². The maximum Gasteiger partial charge on any atom is 0.344 e. The van der Waals surface area contributed by atoms with Crippen molar-refractivity contribution in [1.29, 1.82) is 0 Å². The van der Waals surface area contributed by atoms with E-state index in [0.717, 1.165) is 46.9 Å². The van der Waals surface area contributed by atoms with E-state index < -0.39 is 0 Å². The van der Waals surface area contributed by atoms with Crippen LogP contribution in [-0.4, -0.2) is 12.8 Å². The molecule has 4 rings (SSSR count). The number of hydrogen-bond donors (Lipinski definition) is 0. The van der Waals surface area contributed by atoms with Gasteiger partial charge in [0.1, 0.15) is 12.7 Å². The largest absolute Gasteiger partial charge is 0.422 e. The zero-order valence-electron chi connectivity index (χ0n) is 12.3. The lowest BCUT2D eigenvalue weighted by molar-refractivity contribution is 0.212. The van der Waals surface area contributed by atoms with Crippen molar-refractivity contribution in [3.8, 4) is 0 Å². The molecular formula is C18H15NO3. The van der Waals surface area contributed by atoms with Crippen LogP contribution in [0.4, 0.5) is 0 Å². The van der Waals surface area contributed by atoms with Gasteiger partial charge in [0, 0.05) is 10.9 Å². The topological polar surface area (TPSA) is 51.8 Å². The summed E-state index contributed by atoms with van der Waals surface area (Å²) in [6.45, 7) is 0. The maximum atomic E-state index is 12.3. The SMILES string of the molecule is CO/N=C1\CCCc2ccc3c(oc(=O)c4ccccc43)c21. The molecule has 2 aromatic carbocycles. The van der Waals surface area contributed by atoms with Crippen molar-refractivity contribution in [2.45, 2.75) is 19.3 Å². The van der Waals surface area contributed by atoms with Crippen LogP contribution in [0, 0.1) is 0 Å². The molecule has 4 heteroatoms. The van der Waals surface area contributed by atoms with Crippen LogP contribution in [0.25, 0.3) is 21.7 Å². The van der Waals surface area contributed by atoms with Crippen molar-refractivity contribution in [1.82, 2.24) is 0 Å². The summed E-state index contributed by atoms with van der Waals surface area (Å²) in [4.78, 5) is 17.3. The van der Waals surface area contributed by atoms with E-state index in [1.165, 1.54) is 7.11 Å². The van der Waals surface area contributed by atoms with Crippen LogP contribution in [-0.2, 0) is 11.3 Å².